The van der Waals surface area contributed by atoms with E-state index in [2.05, 4.69) is 20.4 Å². The van der Waals surface area contributed by atoms with Crippen LogP contribution in [0, 0.1) is 22.9 Å². The molecule has 0 aliphatic carbocycles. The second kappa shape index (κ2) is 9.86. The number of nitro groups is 1. The Kier molecular flexibility index (Phi) is 6.74. The maximum absolute atomic E-state index is 13.1. The van der Waals surface area contributed by atoms with E-state index >= 15 is 0 Å². The van der Waals surface area contributed by atoms with Gasteiger partial charge in [-0.2, -0.15) is 4.98 Å². The minimum absolute atomic E-state index is 0.0579. The van der Waals surface area contributed by atoms with E-state index in [9.17, 15) is 19.3 Å². The van der Waals surface area contributed by atoms with E-state index in [-0.39, 0.29) is 29.8 Å². The summed E-state index contributed by atoms with van der Waals surface area (Å²) in [5, 5.41) is 17.8. The predicted octanol–water partition coefficient (Wildman–Crippen LogP) is 4.30. The maximum atomic E-state index is 13.1. The fraction of sp³-hybridized carbons (Fsp3) is 0.348. The standard InChI is InChI=1S/C23H24FN5O4/c1-15-4-9-19(29(31)32)13-20(15)25-21(30)10-12-28-11-2-3-17(14-28)23-26-22(27-33-23)16-5-7-18(24)8-6-16/h4-9,13,17H,2-3,10-12,14H2,1H3,(H,25,30). The third-order valence-corrected chi connectivity index (χ3v) is 5.76. The Labute approximate surface area is 189 Å². The van der Waals surface area contributed by atoms with Crippen LogP contribution in [-0.4, -0.2) is 45.5 Å². The van der Waals surface area contributed by atoms with Gasteiger partial charge in [-0.25, -0.2) is 4.39 Å². The van der Waals surface area contributed by atoms with Crippen LogP contribution in [0.25, 0.3) is 11.4 Å². The highest BCUT2D eigenvalue weighted by Crippen LogP contribution is 2.28. The van der Waals surface area contributed by atoms with E-state index in [1.165, 1.54) is 24.3 Å². The van der Waals surface area contributed by atoms with Crippen molar-refractivity contribution in [2.75, 3.05) is 25.0 Å². The number of aromatic nitrogens is 2. The summed E-state index contributed by atoms with van der Waals surface area (Å²) in [5.74, 6) is 0.499. The number of carbonyl (C=O) groups is 1. The Balaban J connectivity index is 1.32. The van der Waals surface area contributed by atoms with Gasteiger partial charge in [-0.3, -0.25) is 14.9 Å². The molecular weight excluding hydrogens is 429 g/mol. The fourth-order valence-corrected chi connectivity index (χ4v) is 3.91. The van der Waals surface area contributed by atoms with Crippen LogP contribution in [-0.2, 0) is 4.79 Å². The number of rotatable bonds is 7. The van der Waals surface area contributed by atoms with Gasteiger partial charge in [-0.1, -0.05) is 11.2 Å². The molecule has 1 saturated heterocycles. The second-order valence-corrected chi connectivity index (χ2v) is 8.16. The molecule has 2 aromatic carbocycles. The van der Waals surface area contributed by atoms with Crippen LogP contribution in [0.15, 0.2) is 47.0 Å². The average molecular weight is 453 g/mol. The number of carbonyl (C=O) groups excluding carboxylic acids is 1. The molecule has 0 radical (unpaired) electrons. The van der Waals surface area contributed by atoms with E-state index < -0.39 is 4.92 Å². The molecule has 172 valence electrons. The molecule has 1 N–H and O–H groups in total. The number of piperidine rings is 1. The van der Waals surface area contributed by atoms with E-state index in [0.29, 0.717) is 36.1 Å². The first-order chi connectivity index (χ1) is 15.9. The zero-order chi connectivity index (χ0) is 23.4. The Morgan fingerprint density at radius 3 is 2.85 bits per heavy atom. The molecule has 2 heterocycles. The summed E-state index contributed by atoms with van der Waals surface area (Å²) in [6.07, 6.45) is 2.10. The number of non-ortho nitro benzene ring substituents is 1. The fourth-order valence-electron chi connectivity index (χ4n) is 3.91. The van der Waals surface area contributed by atoms with Gasteiger partial charge >= 0.3 is 0 Å². The number of anilines is 1. The third kappa shape index (κ3) is 5.58. The minimum Gasteiger partial charge on any atom is -0.339 e. The third-order valence-electron chi connectivity index (χ3n) is 5.76. The lowest BCUT2D eigenvalue weighted by molar-refractivity contribution is -0.384. The largest absolute Gasteiger partial charge is 0.339 e. The minimum atomic E-state index is -0.484. The molecule has 1 aliphatic rings. The number of aryl methyl sites for hydroxylation is 1. The molecule has 1 atom stereocenters. The summed E-state index contributed by atoms with van der Waals surface area (Å²) in [6, 6.07) is 10.3. The lowest BCUT2D eigenvalue weighted by Crippen LogP contribution is -2.36. The van der Waals surface area contributed by atoms with Crippen molar-refractivity contribution < 1.29 is 18.6 Å². The van der Waals surface area contributed by atoms with Crippen LogP contribution in [0.2, 0.25) is 0 Å². The molecule has 1 aliphatic heterocycles. The number of amides is 1. The van der Waals surface area contributed by atoms with Crippen LogP contribution in [0.1, 0.15) is 36.6 Å². The van der Waals surface area contributed by atoms with Crippen LogP contribution in [0.4, 0.5) is 15.8 Å². The van der Waals surface area contributed by atoms with Gasteiger partial charge < -0.3 is 14.7 Å². The molecule has 0 spiro atoms. The second-order valence-electron chi connectivity index (χ2n) is 8.16. The van der Waals surface area contributed by atoms with Crippen molar-refractivity contribution in [3.05, 3.63) is 69.9 Å². The number of nitro benzene ring substituents is 1. The van der Waals surface area contributed by atoms with E-state index in [1.54, 1.807) is 25.1 Å². The molecule has 1 fully saturated rings. The van der Waals surface area contributed by atoms with E-state index in [4.69, 9.17) is 4.52 Å². The highest BCUT2D eigenvalue weighted by molar-refractivity contribution is 5.92. The topological polar surface area (TPSA) is 114 Å². The summed E-state index contributed by atoms with van der Waals surface area (Å²) in [7, 11) is 0. The first-order valence-electron chi connectivity index (χ1n) is 10.8. The van der Waals surface area contributed by atoms with E-state index in [1.807, 2.05) is 0 Å². The molecule has 0 saturated carbocycles. The molecule has 10 heteroatoms. The molecular formula is C23H24FN5O4. The molecule has 1 aromatic heterocycles. The van der Waals surface area contributed by atoms with Gasteiger partial charge in [-0.15, -0.1) is 0 Å². The lowest BCUT2D eigenvalue weighted by Gasteiger charge is -2.30. The zero-order valence-corrected chi connectivity index (χ0v) is 18.2. The van der Waals surface area contributed by atoms with Gasteiger partial charge in [0.1, 0.15) is 5.82 Å². The quantitative estimate of drug-likeness (QED) is 0.419. The van der Waals surface area contributed by atoms with Crippen molar-refractivity contribution in [1.29, 1.82) is 0 Å². The Morgan fingerprint density at radius 2 is 2.09 bits per heavy atom. The number of nitrogens with one attached hydrogen (secondary N) is 1. The number of nitrogens with zero attached hydrogens (tertiary/aromatic N) is 4. The van der Waals surface area contributed by atoms with Crippen molar-refractivity contribution in [1.82, 2.24) is 15.0 Å². The maximum Gasteiger partial charge on any atom is 0.271 e. The summed E-state index contributed by atoms with van der Waals surface area (Å²) >= 11 is 0. The monoisotopic (exact) mass is 453 g/mol. The molecule has 0 bridgehead atoms. The molecule has 4 rings (SSSR count). The van der Waals surface area contributed by atoms with Gasteiger partial charge in [0.25, 0.3) is 5.69 Å². The van der Waals surface area contributed by atoms with Gasteiger partial charge in [0.2, 0.25) is 17.6 Å². The van der Waals surface area contributed by atoms with Crippen molar-refractivity contribution in [3.63, 3.8) is 0 Å². The lowest BCUT2D eigenvalue weighted by atomic mass is 9.98. The highest BCUT2D eigenvalue weighted by atomic mass is 19.1. The summed E-state index contributed by atoms with van der Waals surface area (Å²) in [4.78, 5) is 29.6. The van der Waals surface area contributed by atoms with Gasteiger partial charge in [0.05, 0.1) is 16.5 Å². The number of likely N-dealkylation sites (tertiary alicyclic amines) is 1. The van der Waals surface area contributed by atoms with Crippen LogP contribution in [0.3, 0.4) is 0 Å². The molecule has 3 aromatic rings. The van der Waals surface area contributed by atoms with Crippen LogP contribution in [0.5, 0.6) is 0 Å². The van der Waals surface area contributed by atoms with E-state index in [0.717, 1.165) is 24.9 Å². The molecule has 33 heavy (non-hydrogen) atoms. The van der Waals surface area contributed by atoms with Crippen molar-refractivity contribution in [2.24, 2.45) is 0 Å². The van der Waals surface area contributed by atoms with Crippen molar-refractivity contribution in [2.45, 2.75) is 32.1 Å². The van der Waals surface area contributed by atoms with Gasteiger partial charge in [0.15, 0.2) is 0 Å². The van der Waals surface area contributed by atoms with Crippen LogP contribution >= 0.6 is 0 Å². The number of benzene rings is 2. The molecule has 1 amide bonds. The summed E-state index contributed by atoms with van der Waals surface area (Å²) in [5.41, 5.74) is 1.84. The SMILES string of the molecule is Cc1ccc([N+](=O)[O-])cc1NC(=O)CCN1CCCC(c2nc(-c3ccc(F)cc3)no2)C1. The van der Waals surface area contributed by atoms with Crippen molar-refractivity contribution >= 4 is 17.3 Å². The Hall–Kier alpha value is -3.66. The normalized spacial score (nSPS) is 16.5. The van der Waals surface area contributed by atoms with Gasteiger partial charge in [0, 0.05) is 37.2 Å². The zero-order valence-electron chi connectivity index (χ0n) is 18.2. The first-order valence-corrected chi connectivity index (χ1v) is 10.8. The highest BCUT2D eigenvalue weighted by Gasteiger charge is 2.26. The van der Waals surface area contributed by atoms with Gasteiger partial charge in [-0.05, 0) is 56.1 Å². The Bertz CT molecular complexity index is 1150. The number of halogens is 1. The average Bonchev–Trinajstić information content (AvgIpc) is 3.30. The molecule has 9 nitrogen and oxygen atoms in total. The smallest absolute Gasteiger partial charge is 0.271 e. The Morgan fingerprint density at radius 1 is 1.30 bits per heavy atom. The summed E-state index contributed by atoms with van der Waals surface area (Å²) in [6.45, 7) is 3.89. The van der Waals surface area contributed by atoms with Crippen molar-refractivity contribution in [3.8, 4) is 11.4 Å². The first kappa shape index (κ1) is 22.5. The predicted molar refractivity (Wildman–Crippen MR) is 119 cm³/mol. The molecule has 1 unspecified atom stereocenters. The van der Waals surface area contributed by atoms with Crippen LogP contribution < -0.4 is 5.32 Å². The summed E-state index contributed by atoms with van der Waals surface area (Å²) < 4.78 is 18.6. The number of hydrogen-bond acceptors (Lipinski definition) is 7. The number of hydrogen-bond donors (Lipinski definition) is 1.